The fourth-order valence-electron chi connectivity index (χ4n) is 8.33. The summed E-state index contributed by atoms with van der Waals surface area (Å²) >= 11 is 0. The van der Waals surface area contributed by atoms with Crippen LogP contribution in [0.3, 0.4) is 0 Å². The van der Waals surface area contributed by atoms with Crippen molar-refractivity contribution in [3.63, 3.8) is 0 Å². The van der Waals surface area contributed by atoms with E-state index in [4.69, 9.17) is 4.74 Å². The molecule has 3 nitrogen and oxygen atoms in total. The minimum absolute atomic E-state index is 0.118. The van der Waals surface area contributed by atoms with Crippen molar-refractivity contribution in [2.24, 2.45) is 46.3 Å². The summed E-state index contributed by atoms with van der Waals surface area (Å²) in [6, 6.07) is 0. The first-order valence-electron chi connectivity index (χ1n) is 11.6. The molecule has 5 aliphatic carbocycles. The number of carbonyl (C=O) groups excluding carboxylic acids is 1. The third-order valence-electron chi connectivity index (χ3n) is 9.64. The molecule has 0 spiro atoms. The van der Waals surface area contributed by atoms with Crippen molar-refractivity contribution in [3.8, 4) is 0 Å². The lowest BCUT2D eigenvalue weighted by atomic mass is 9.44. The summed E-state index contributed by atoms with van der Waals surface area (Å²) in [5, 5.41) is 10.5. The maximum atomic E-state index is 12.7. The number of rotatable bonds is 2. The predicted octanol–water partition coefficient (Wildman–Crippen LogP) is 5.37. The van der Waals surface area contributed by atoms with Crippen LogP contribution in [0.5, 0.6) is 0 Å². The van der Waals surface area contributed by atoms with Crippen LogP contribution < -0.4 is 0 Å². The van der Waals surface area contributed by atoms with Crippen LogP contribution in [0.2, 0.25) is 0 Å². The second kappa shape index (κ2) is 6.67. The molecule has 5 aliphatic rings. The van der Waals surface area contributed by atoms with Gasteiger partial charge in [-0.2, -0.15) is 0 Å². The second-order valence-electron chi connectivity index (χ2n) is 11.4. The molecule has 5 fully saturated rings. The van der Waals surface area contributed by atoms with Crippen LogP contribution in [-0.4, -0.2) is 22.8 Å². The molecule has 0 aromatic heterocycles. The molecule has 5 rings (SSSR count). The molecule has 9 atom stereocenters. The van der Waals surface area contributed by atoms with Crippen LogP contribution in [0.4, 0.5) is 0 Å². The fraction of sp³-hybridized carbons (Fsp3) is 0.880. The third kappa shape index (κ3) is 2.95. The normalized spacial score (nSPS) is 51.8. The van der Waals surface area contributed by atoms with E-state index in [-0.39, 0.29) is 11.5 Å². The van der Waals surface area contributed by atoms with E-state index in [0.717, 1.165) is 43.4 Å². The van der Waals surface area contributed by atoms with Gasteiger partial charge in [-0.15, -0.1) is 13.2 Å². The summed E-state index contributed by atoms with van der Waals surface area (Å²) in [6.45, 7) is 14.4. The Labute approximate surface area is 171 Å². The molecule has 0 aromatic carbocycles. The van der Waals surface area contributed by atoms with Crippen LogP contribution >= 0.6 is 0 Å². The largest absolute Gasteiger partial charge is 0.366 e. The Morgan fingerprint density at radius 1 is 1.04 bits per heavy atom. The first-order valence-corrected chi connectivity index (χ1v) is 11.6. The van der Waals surface area contributed by atoms with Crippen molar-refractivity contribution in [3.05, 3.63) is 13.2 Å². The van der Waals surface area contributed by atoms with Gasteiger partial charge in [-0.1, -0.05) is 13.8 Å². The van der Waals surface area contributed by atoms with Gasteiger partial charge in [-0.3, -0.25) is 4.79 Å². The lowest BCUT2D eigenvalue weighted by molar-refractivity contribution is -0.262. The molecule has 0 saturated heterocycles. The molecule has 0 amide bonds. The van der Waals surface area contributed by atoms with Gasteiger partial charge in [-0.05, 0) is 99.7 Å². The third-order valence-corrected chi connectivity index (χ3v) is 9.64. The molecule has 3 heteroatoms. The summed E-state index contributed by atoms with van der Waals surface area (Å²) < 4.78 is 6.34. The molecule has 0 bridgehead atoms. The predicted molar refractivity (Wildman–Crippen MR) is 112 cm³/mol. The highest BCUT2D eigenvalue weighted by Crippen LogP contribution is 2.71. The standard InChI is InChI=1S/C23H36O3.C2H4/c1-21(2,25)26-18-12-17-14-11-13(14)7-9-22(17,3)16-8-10-23(4)15(20(16)18)5-6-19(23)24;1-2/h13-18,20,25H,5-12H2,1-4H3;1-2H2/t13-,14+,15?,16?,17?,18-,20?,22+,23-;/m0./s1. The molecule has 0 radical (unpaired) electrons. The van der Waals surface area contributed by atoms with Crippen molar-refractivity contribution in [2.45, 2.75) is 91.0 Å². The quantitative estimate of drug-likeness (QED) is 0.511. The van der Waals surface area contributed by atoms with Gasteiger partial charge in [-0.25, -0.2) is 0 Å². The number of ketones is 1. The Hall–Kier alpha value is -0.670. The van der Waals surface area contributed by atoms with E-state index in [1.165, 1.54) is 25.7 Å². The Morgan fingerprint density at radius 3 is 2.43 bits per heavy atom. The van der Waals surface area contributed by atoms with Crippen molar-refractivity contribution in [2.75, 3.05) is 0 Å². The smallest absolute Gasteiger partial charge is 0.160 e. The van der Waals surface area contributed by atoms with E-state index in [9.17, 15) is 9.90 Å². The first kappa shape index (κ1) is 20.6. The minimum Gasteiger partial charge on any atom is -0.366 e. The van der Waals surface area contributed by atoms with E-state index >= 15 is 0 Å². The summed E-state index contributed by atoms with van der Waals surface area (Å²) in [5.41, 5.74) is 0.289. The average Bonchev–Trinajstić information content (AvgIpc) is 3.35. The van der Waals surface area contributed by atoms with Crippen LogP contribution in [0.1, 0.15) is 79.1 Å². The van der Waals surface area contributed by atoms with Crippen molar-refractivity contribution >= 4 is 5.78 Å². The Bertz CT molecular complexity index is 636. The van der Waals surface area contributed by atoms with Crippen molar-refractivity contribution in [1.29, 1.82) is 0 Å². The van der Waals surface area contributed by atoms with E-state index in [1.807, 2.05) is 0 Å². The zero-order chi connectivity index (χ0) is 20.5. The zero-order valence-electron chi connectivity index (χ0n) is 18.4. The SMILES string of the molecule is C=C.CC(C)(O)O[C@H]1CC2[C@@H]3C[C@@H]3CC[C@]2(C)C2CC[C@]3(C)C(=O)CCC3C21. The monoisotopic (exact) mass is 388 g/mol. The molecular weight excluding hydrogens is 348 g/mol. The Balaban J connectivity index is 0.000000932. The number of fused-ring (bicyclic) bond motifs is 7. The lowest BCUT2D eigenvalue weighted by Gasteiger charge is -2.62. The molecular formula is C25H40O3. The summed E-state index contributed by atoms with van der Waals surface area (Å²) in [5.74, 6) is 3.60. The van der Waals surface area contributed by atoms with E-state index < -0.39 is 5.79 Å². The topological polar surface area (TPSA) is 46.5 Å². The molecule has 5 saturated carbocycles. The van der Waals surface area contributed by atoms with E-state index in [0.29, 0.717) is 29.0 Å². The van der Waals surface area contributed by atoms with Gasteiger partial charge in [0.2, 0.25) is 0 Å². The lowest BCUT2D eigenvalue weighted by Crippen LogP contribution is -2.59. The summed E-state index contributed by atoms with van der Waals surface area (Å²) in [6.07, 6.45) is 9.47. The summed E-state index contributed by atoms with van der Waals surface area (Å²) in [4.78, 5) is 12.7. The van der Waals surface area contributed by atoms with Crippen LogP contribution in [-0.2, 0) is 9.53 Å². The Kier molecular flexibility index (Phi) is 4.91. The molecule has 1 N–H and O–H groups in total. The van der Waals surface area contributed by atoms with E-state index in [2.05, 4.69) is 27.0 Å². The van der Waals surface area contributed by atoms with Gasteiger partial charge >= 0.3 is 0 Å². The van der Waals surface area contributed by atoms with Gasteiger partial charge < -0.3 is 9.84 Å². The number of hydrogen-bond acceptors (Lipinski definition) is 3. The molecule has 0 aromatic rings. The fourth-order valence-corrected chi connectivity index (χ4v) is 8.33. The number of aliphatic hydroxyl groups is 1. The Morgan fingerprint density at radius 2 is 1.75 bits per heavy atom. The molecule has 158 valence electrons. The summed E-state index contributed by atoms with van der Waals surface area (Å²) in [7, 11) is 0. The number of hydrogen-bond donors (Lipinski definition) is 1. The number of Topliss-reactive ketones (excluding diaryl/α,β-unsaturated/α-hetero) is 1. The molecule has 0 heterocycles. The highest BCUT2D eigenvalue weighted by atomic mass is 16.6. The van der Waals surface area contributed by atoms with Crippen molar-refractivity contribution < 1.29 is 14.6 Å². The van der Waals surface area contributed by atoms with Gasteiger partial charge in [0.15, 0.2) is 5.79 Å². The molecule has 0 aliphatic heterocycles. The highest BCUT2D eigenvalue weighted by molar-refractivity contribution is 5.87. The van der Waals surface area contributed by atoms with Gasteiger partial charge in [0.05, 0.1) is 6.10 Å². The van der Waals surface area contributed by atoms with Gasteiger partial charge in [0, 0.05) is 11.8 Å². The molecule has 28 heavy (non-hydrogen) atoms. The highest BCUT2D eigenvalue weighted by Gasteiger charge is 2.66. The zero-order valence-corrected chi connectivity index (χ0v) is 18.4. The maximum absolute atomic E-state index is 12.7. The first-order chi connectivity index (χ1) is 13.1. The second-order valence-corrected chi connectivity index (χ2v) is 11.4. The minimum atomic E-state index is -1.09. The average molecular weight is 389 g/mol. The van der Waals surface area contributed by atoms with Crippen molar-refractivity contribution in [1.82, 2.24) is 0 Å². The van der Waals surface area contributed by atoms with Crippen LogP contribution in [0, 0.1) is 46.3 Å². The maximum Gasteiger partial charge on any atom is 0.160 e. The number of carbonyl (C=O) groups is 1. The number of ether oxygens (including phenoxy) is 1. The van der Waals surface area contributed by atoms with E-state index in [1.54, 1.807) is 13.8 Å². The van der Waals surface area contributed by atoms with Gasteiger partial charge in [0.1, 0.15) is 5.78 Å². The molecule has 4 unspecified atom stereocenters. The van der Waals surface area contributed by atoms with Gasteiger partial charge in [0.25, 0.3) is 0 Å². The van der Waals surface area contributed by atoms with Crippen LogP contribution in [0.25, 0.3) is 0 Å². The van der Waals surface area contributed by atoms with Crippen LogP contribution in [0.15, 0.2) is 13.2 Å².